The summed E-state index contributed by atoms with van der Waals surface area (Å²) in [6.07, 6.45) is 4.09. The average Bonchev–Trinajstić information content (AvgIpc) is 2.74. The lowest BCUT2D eigenvalue weighted by atomic mass is 10.2. The molecule has 0 saturated carbocycles. The minimum Gasteiger partial charge on any atom is -0.337 e. The number of carbonyl (C=O) groups excluding carboxylic acids is 1. The molecule has 6 heteroatoms. The number of hydrogen-bond donors (Lipinski definition) is 1. The molecule has 2 rings (SSSR count). The summed E-state index contributed by atoms with van der Waals surface area (Å²) in [6.45, 7) is 2.29. The monoisotopic (exact) mass is 248 g/mol. The first-order valence-electron chi connectivity index (χ1n) is 5.43. The van der Waals surface area contributed by atoms with Gasteiger partial charge in [0.05, 0.1) is 18.0 Å². The molecule has 2 aromatic rings. The predicted molar refractivity (Wildman–Crippen MR) is 63.3 cm³/mol. The molecule has 0 bridgehead atoms. The quantitative estimate of drug-likeness (QED) is 0.895. The van der Waals surface area contributed by atoms with Gasteiger partial charge in [-0.3, -0.25) is 14.9 Å². The van der Waals surface area contributed by atoms with Crippen molar-refractivity contribution >= 4 is 5.91 Å². The number of nitrogens with one attached hydrogen (secondary N) is 1. The number of pyridine rings is 1. The molecule has 1 amide bonds. The summed E-state index contributed by atoms with van der Waals surface area (Å²) < 4.78 is 13.0. The highest BCUT2D eigenvalue weighted by molar-refractivity contribution is 5.93. The third-order valence-electron chi connectivity index (χ3n) is 2.64. The Balaban J connectivity index is 2.12. The maximum Gasteiger partial charge on any atom is 0.255 e. The Hall–Kier alpha value is -2.24. The first-order valence-corrected chi connectivity index (χ1v) is 5.43. The number of carbonyl (C=O) groups is 1. The number of H-pyrrole nitrogens is 1. The maximum atomic E-state index is 13.0. The Labute approximate surface area is 104 Å². The van der Waals surface area contributed by atoms with Crippen LogP contribution >= 0.6 is 0 Å². The first kappa shape index (κ1) is 12.2. The van der Waals surface area contributed by atoms with Crippen molar-refractivity contribution in [3.8, 4) is 0 Å². The topological polar surface area (TPSA) is 61.9 Å². The van der Waals surface area contributed by atoms with E-state index in [2.05, 4.69) is 15.2 Å². The second-order valence-electron chi connectivity index (χ2n) is 4.07. The van der Waals surface area contributed by atoms with E-state index in [1.54, 1.807) is 13.2 Å². The number of aromatic amines is 1. The molecule has 0 unspecified atom stereocenters. The van der Waals surface area contributed by atoms with Crippen LogP contribution in [-0.4, -0.2) is 33.0 Å². The molecule has 2 heterocycles. The second-order valence-corrected chi connectivity index (χ2v) is 4.07. The van der Waals surface area contributed by atoms with Crippen LogP contribution in [0.2, 0.25) is 0 Å². The van der Waals surface area contributed by atoms with Gasteiger partial charge in [-0.25, -0.2) is 4.39 Å². The lowest BCUT2D eigenvalue weighted by Gasteiger charge is -2.16. The first-order chi connectivity index (χ1) is 8.58. The van der Waals surface area contributed by atoms with Gasteiger partial charge in [0.15, 0.2) is 0 Å². The maximum absolute atomic E-state index is 13.0. The average molecular weight is 248 g/mol. The molecular weight excluding hydrogens is 235 g/mol. The van der Waals surface area contributed by atoms with Gasteiger partial charge < -0.3 is 4.90 Å². The van der Waals surface area contributed by atoms with E-state index in [-0.39, 0.29) is 11.5 Å². The van der Waals surface area contributed by atoms with Crippen molar-refractivity contribution in [2.75, 3.05) is 7.05 Å². The zero-order valence-electron chi connectivity index (χ0n) is 10.1. The number of nitrogens with zero attached hydrogens (tertiary/aromatic N) is 3. The van der Waals surface area contributed by atoms with E-state index in [1.165, 1.54) is 17.2 Å². The fourth-order valence-corrected chi connectivity index (χ4v) is 1.61. The van der Waals surface area contributed by atoms with E-state index in [4.69, 9.17) is 0 Å². The summed E-state index contributed by atoms with van der Waals surface area (Å²) in [5, 5.41) is 6.69. The zero-order chi connectivity index (χ0) is 13.1. The summed E-state index contributed by atoms with van der Waals surface area (Å²) in [7, 11) is 1.65. The van der Waals surface area contributed by atoms with Crippen LogP contribution in [0.25, 0.3) is 0 Å². The van der Waals surface area contributed by atoms with Crippen LogP contribution in [0, 0.1) is 12.7 Å². The van der Waals surface area contributed by atoms with E-state index in [0.717, 1.165) is 17.5 Å². The number of hydrogen-bond acceptors (Lipinski definition) is 3. The lowest BCUT2D eigenvalue weighted by Crippen LogP contribution is -2.26. The minimum atomic E-state index is -0.520. The molecule has 0 aliphatic carbocycles. The van der Waals surface area contributed by atoms with Crippen LogP contribution in [0.5, 0.6) is 0 Å². The summed E-state index contributed by atoms with van der Waals surface area (Å²) >= 11 is 0. The van der Waals surface area contributed by atoms with Crippen molar-refractivity contribution < 1.29 is 9.18 Å². The predicted octanol–water partition coefficient (Wildman–Crippen LogP) is 1.52. The standard InChI is InChI=1S/C12H13FN4O/c1-8-10(5-15-16-8)7-17(2)12(18)9-3-11(13)6-14-4-9/h3-6H,7H2,1-2H3,(H,15,16). The molecular formula is C12H13FN4O. The van der Waals surface area contributed by atoms with Crippen molar-refractivity contribution in [2.45, 2.75) is 13.5 Å². The molecule has 0 aliphatic rings. The molecule has 0 aromatic carbocycles. The third-order valence-corrected chi connectivity index (χ3v) is 2.64. The Bertz CT molecular complexity index is 567. The number of amides is 1. The summed E-state index contributed by atoms with van der Waals surface area (Å²) in [6, 6.07) is 1.17. The van der Waals surface area contributed by atoms with Gasteiger partial charge >= 0.3 is 0 Å². The molecule has 0 saturated heterocycles. The van der Waals surface area contributed by atoms with E-state index in [1.807, 2.05) is 6.92 Å². The Morgan fingerprint density at radius 2 is 2.22 bits per heavy atom. The van der Waals surface area contributed by atoms with Crippen molar-refractivity contribution in [3.05, 3.63) is 47.3 Å². The summed E-state index contributed by atoms with van der Waals surface area (Å²) in [5.74, 6) is -0.795. The molecule has 18 heavy (non-hydrogen) atoms. The van der Waals surface area contributed by atoms with Crippen LogP contribution in [0.15, 0.2) is 24.7 Å². The molecule has 2 aromatic heterocycles. The molecule has 0 aliphatic heterocycles. The molecule has 94 valence electrons. The van der Waals surface area contributed by atoms with Gasteiger partial charge in [0.1, 0.15) is 5.82 Å². The Morgan fingerprint density at radius 1 is 1.44 bits per heavy atom. The van der Waals surface area contributed by atoms with Gasteiger partial charge in [0, 0.05) is 31.0 Å². The van der Waals surface area contributed by atoms with Crippen LogP contribution in [0.1, 0.15) is 21.6 Å². The van der Waals surface area contributed by atoms with E-state index in [9.17, 15) is 9.18 Å². The van der Waals surface area contributed by atoms with Crippen molar-refractivity contribution in [1.82, 2.24) is 20.1 Å². The van der Waals surface area contributed by atoms with Crippen molar-refractivity contribution in [1.29, 1.82) is 0 Å². The van der Waals surface area contributed by atoms with Crippen molar-refractivity contribution in [3.63, 3.8) is 0 Å². The SMILES string of the molecule is Cc1[nH]ncc1CN(C)C(=O)c1cncc(F)c1. The van der Waals surface area contributed by atoms with Gasteiger partial charge in [0.25, 0.3) is 5.91 Å². The second kappa shape index (κ2) is 4.95. The molecule has 0 fully saturated rings. The Morgan fingerprint density at radius 3 is 2.83 bits per heavy atom. The highest BCUT2D eigenvalue weighted by atomic mass is 19.1. The summed E-state index contributed by atoms with van der Waals surface area (Å²) in [5.41, 5.74) is 2.07. The van der Waals surface area contributed by atoms with E-state index < -0.39 is 5.82 Å². The van der Waals surface area contributed by atoms with Crippen molar-refractivity contribution in [2.24, 2.45) is 0 Å². The van der Waals surface area contributed by atoms with Crippen LogP contribution in [-0.2, 0) is 6.54 Å². The Kier molecular flexibility index (Phi) is 3.36. The smallest absolute Gasteiger partial charge is 0.255 e. The van der Waals surface area contributed by atoms with Gasteiger partial charge in [-0.1, -0.05) is 0 Å². The number of rotatable bonds is 3. The van der Waals surface area contributed by atoms with E-state index >= 15 is 0 Å². The molecule has 1 N–H and O–H groups in total. The van der Waals surface area contributed by atoms with E-state index in [0.29, 0.717) is 6.54 Å². The largest absolute Gasteiger partial charge is 0.337 e. The van der Waals surface area contributed by atoms with Gasteiger partial charge in [-0.15, -0.1) is 0 Å². The molecule has 5 nitrogen and oxygen atoms in total. The summed E-state index contributed by atoms with van der Waals surface area (Å²) in [4.78, 5) is 17.2. The van der Waals surface area contributed by atoms with Gasteiger partial charge in [-0.2, -0.15) is 5.10 Å². The molecule has 0 radical (unpaired) electrons. The van der Waals surface area contributed by atoms with Crippen LogP contribution in [0.3, 0.4) is 0 Å². The number of aromatic nitrogens is 3. The number of aryl methyl sites for hydroxylation is 1. The molecule has 0 spiro atoms. The highest BCUT2D eigenvalue weighted by Crippen LogP contribution is 2.10. The minimum absolute atomic E-state index is 0.235. The highest BCUT2D eigenvalue weighted by Gasteiger charge is 2.14. The van der Waals surface area contributed by atoms with Gasteiger partial charge in [-0.05, 0) is 13.0 Å². The zero-order valence-corrected chi connectivity index (χ0v) is 10.1. The fraction of sp³-hybridized carbons (Fsp3) is 0.250. The van der Waals surface area contributed by atoms with Crippen LogP contribution in [0.4, 0.5) is 4.39 Å². The lowest BCUT2D eigenvalue weighted by molar-refractivity contribution is 0.0784. The fourth-order valence-electron chi connectivity index (χ4n) is 1.61. The normalized spacial score (nSPS) is 10.4. The van der Waals surface area contributed by atoms with Crippen LogP contribution < -0.4 is 0 Å². The third kappa shape index (κ3) is 2.53. The number of halogens is 1. The molecule has 0 atom stereocenters. The van der Waals surface area contributed by atoms with Gasteiger partial charge in [0.2, 0.25) is 0 Å².